The molecule has 0 amide bonds. The highest BCUT2D eigenvalue weighted by atomic mass is 35.5. The van der Waals surface area contributed by atoms with Gasteiger partial charge in [-0.25, -0.2) is 4.68 Å². The number of thiophene rings is 1. The molecular weight excluding hydrogens is 380 g/mol. The van der Waals surface area contributed by atoms with Crippen molar-refractivity contribution in [3.05, 3.63) is 62.4 Å². The van der Waals surface area contributed by atoms with Crippen LogP contribution >= 0.6 is 22.9 Å². The number of ketones is 1. The van der Waals surface area contributed by atoms with Gasteiger partial charge in [0.25, 0.3) is 0 Å². The molecule has 0 fully saturated rings. The van der Waals surface area contributed by atoms with E-state index in [0.29, 0.717) is 23.2 Å². The maximum Gasteiger partial charge on any atom is 0.226 e. The third-order valence-corrected chi connectivity index (χ3v) is 6.44. The van der Waals surface area contributed by atoms with Crippen LogP contribution in [0.1, 0.15) is 35.7 Å². The first kappa shape index (κ1) is 16.7. The van der Waals surface area contributed by atoms with Crippen LogP contribution in [-0.2, 0) is 4.79 Å². The molecule has 2 aromatic heterocycles. The van der Waals surface area contributed by atoms with Crippen molar-refractivity contribution >= 4 is 34.7 Å². The minimum absolute atomic E-state index is 0.204. The predicted octanol–water partition coefficient (Wildman–Crippen LogP) is 4.99. The van der Waals surface area contributed by atoms with Crippen molar-refractivity contribution in [2.45, 2.75) is 32.2 Å². The van der Waals surface area contributed by atoms with Gasteiger partial charge in [0.2, 0.25) is 5.95 Å². The number of Topliss-reactive ketones (excluding diaryl/α,β-unsaturated/α-hetero) is 1. The molecule has 0 bridgehead atoms. The average molecular weight is 397 g/mol. The Morgan fingerprint density at radius 3 is 2.78 bits per heavy atom. The fourth-order valence-electron chi connectivity index (χ4n) is 3.78. The number of halogens is 1. The van der Waals surface area contributed by atoms with E-state index in [1.165, 1.54) is 5.56 Å². The van der Waals surface area contributed by atoms with Crippen LogP contribution < -0.4 is 5.32 Å². The third-order valence-electron chi connectivity index (χ3n) is 5.12. The number of hydrogen-bond donors (Lipinski definition) is 1. The molecule has 5 nitrogen and oxygen atoms in total. The Morgan fingerprint density at radius 2 is 2.04 bits per heavy atom. The largest absolute Gasteiger partial charge is 0.328 e. The number of fused-ring (bicyclic) bond motifs is 1. The average Bonchev–Trinajstić information content (AvgIpc) is 3.27. The molecule has 3 aromatic rings. The zero-order valence-electron chi connectivity index (χ0n) is 14.7. The molecule has 7 heteroatoms. The molecule has 5 rings (SSSR count). The van der Waals surface area contributed by atoms with Gasteiger partial charge in [0.15, 0.2) is 11.6 Å². The van der Waals surface area contributed by atoms with Gasteiger partial charge in [-0.15, -0.1) is 16.4 Å². The molecule has 0 saturated heterocycles. The SMILES string of the molecule is Cc1ccsc1C1C2=C(CCCC2=O)Nc2nc(-c3ccc(Cl)cc3)nn21. The van der Waals surface area contributed by atoms with Gasteiger partial charge in [0, 0.05) is 33.2 Å². The Morgan fingerprint density at radius 1 is 1.22 bits per heavy atom. The van der Waals surface area contributed by atoms with Crippen LogP contribution in [0.3, 0.4) is 0 Å². The number of benzene rings is 1. The summed E-state index contributed by atoms with van der Waals surface area (Å²) in [7, 11) is 0. The molecule has 1 atom stereocenters. The van der Waals surface area contributed by atoms with E-state index in [1.54, 1.807) is 11.3 Å². The number of aromatic nitrogens is 3. The Labute approximate surface area is 165 Å². The van der Waals surface area contributed by atoms with Crippen LogP contribution in [-0.4, -0.2) is 20.5 Å². The minimum Gasteiger partial charge on any atom is -0.328 e. The second-order valence-electron chi connectivity index (χ2n) is 6.87. The van der Waals surface area contributed by atoms with Crippen LogP contribution in [0.15, 0.2) is 47.0 Å². The molecule has 136 valence electrons. The maximum absolute atomic E-state index is 12.8. The summed E-state index contributed by atoms with van der Waals surface area (Å²) in [5.74, 6) is 1.52. The second kappa shape index (κ2) is 6.32. The molecule has 27 heavy (non-hydrogen) atoms. The van der Waals surface area contributed by atoms with Crippen molar-refractivity contribution in [3.8, 4) is 11.4 Å². The summed E-state index contributed by atoms with van der Waals surface area (Å²) in [5.41, 5.74) is 3.90. The van der Waals surface area contributed by atoms with Crippen molar-refractivity contribution in [1.82, 2.24) is 14.8 Å². The number of nitrogens with one attached hydrogen (secondary N) is 1. The summed E-state index contributed by atoms with van der Waals surface area (Å²) in [6, 6.07) is 9.36. The molecule has 1 unspecified atom stereocenters. The van der Waals surface area contributed by atoms with Gasteiger partial charge >= 0.3 is 0 Å². The summed E-state index contributed by atoms with van der Waals surface area (Å²) in [5, 5.41) is 10.9. The molecular formula is C20H17ClN4OS. The van der Waals surface area contributed by atoms with Crippen LogP contribution in [0.25, 0.3) is 11.4 Å². The molecule has 0 spiro atoms. The van der Waals surface area contributed by atoms with Crippen molar-refractivity contribution in [3.63, 3.8) is 0 Å². The lowest BCUT2D eigenvalue weighted by atomic mass is 9.87. The second-order valence-corrected chi connectivity index (χ2v) is 8.26. The topological polar surface area (TPSA) is 59.8 Å². The first-order chi connectivity index (χ1) is 13.1. The summed E-state index contributed by atoms with van der Waals surface area (Å²) < 4.78 is 1.87. The van der Waals surface area contributed by atoms with E-state index < -0.39 is 0 Å². The lowest BCUT2D eigenvalue weighted by Gasteiger charge is -2.31. The lowest BCUT2D eigenvalue weighted by molar-refractivity contribution is -0.116. The number of hydrogen-bond acceptors (Lipinski definition) is 5. The van der Waals surface area contributed by atoms with E-state index in [4.69, 9.17) is 21.7 Å². The smallest absolute Gasteiger partial charge is 0.226 e. The summed E-state index contributed by atoms with van der Waals surface area (Å²) >= 11 is 7.67. The number of nitrogens with zero attached hydrogens (tertiary/aromatic N) is 3. The highest BCUT2D eigenvalue weighted by Gasteiger charge is 2.38. The van der Waals surface area contributed by atoms with Gasteiger partial charge in [0.1, 0.15) is 6.04 Å². The third kappa shape index (κ3) is 2.71. The number of anilines is 1. The molecule has 3 heterocycles. The predicted molar refractivity (Wildman–Crippen MR) is 107 cm³/mol. The highest BCUT2D eigenvalue weighted by Crippen LogP contribution is 2.43. The first-order valence-corrected chi connectivity index (χ1v) is 10.2. The zero-order valence-corrected chi connectivity index (χ0v) is 16.3. The molecule has 1 N–H and O–H groups in total. The minimum atomic E-state index is -0.211. The van der Waals surface area contributed by atoms with Gasteiger partial charge in [0.05, 0.1) is 0 Å². The van der Waals surface area contributed by atoms with Gasteiger partial charge in [-0.3, -0.25) is 4.79 Å². The van der Waals surface area contributed by atoms with Crippen molar-refractivity contribution < 1.29 is 4.79 Å². The van der Waals surface area contributed by atoms with E-state index in [1.807, 2.05) is 28.9 Å². The fraction of sp³-hybridized carbons (Fsp3) is 0.250. The van der Waals surface area contributed by atoms with Gasteiger partial charge < -0.3 is 5.32 Å². The molecule has 0 saturated carbocycles. The van der Waals surface area contributed by atoms with E-state index in [-0.39, 0.29) is 11.8 Å². The first-order valence-electron chi connectivity index (χ1n) is 8.91. The summed E-state index contributed by atoms with van der Waals surface area (Å²) in [4.78, 5) is 18.7. The van der Waals surface area contributed by atoms with Crippen molar-refractivity contribution in [1.29, 1.82) is 0 Å². The van der Waals surface area contributed by atoms with Crippen LogP contribution in [0.4, 0.5) is 5.95 Å². The number of rotatable bonds is 2. The van der Waals surface area contributed by atoms with Crippen LogP contribution in [0.5, 0.6) is 0 Å². The van der Waals surface area contributed by atoms with Crippen LogP contribution in [0, 0.1) is 6.92 Å². The maximum atomic E-state index is 12.8. The number of allylic oxidation sites excluding steroid dienone is 2. The number of aryl methyl sites for hydroxylation is 1. The standard InChI is InChI=1S/C20H17ClN4OS/c1-11-9-10-27-18(11)17-16-14(3-2-4-15(16)26)22-20-23-19(24-25(17)20)12-5-7-13(21)8-6-12/h5-10,17H,2-4H2,1H3,(H,22,23,24). The molecule has 0 radical (unpaired) electrons. The molecule has 1 aromatic carbocycles. The van der Waals surface area contributed by atoms with Gasteiger partial charge in [-0.2, -0.15) is 4.98 Å². The fourth-order valence-corrected chi connectivity index (χ4v) is 4.93. The Bertz CT molecular complexity index is 1080. The van der Waals surface area contributed by atoms with Gasteiger partial charge in [-0.05, 0) is 61.0 Å². The van der Waals surface area contributed by atoms with Gasteiger partial charge in [-0.1, -0.05) is 11.6 Å². The molecule has 2 aliphatic rings. The zero-order chi connectivity index (χ0) is 18.5. The Kier molecular flexibility index (Phi) is 3.91. The van der Waals surface area contributed by atoms with Crippen LogP contribution in [0.2, 0.25) is 5.02 Å². The summed E-state index contributed by atoms with van der Waals surface area (Å²) in [6.45, 7) is 2.08. The monoisotopic (exact) mass is 396 g/mol. The quantitative estimate of drug-likeness (QED) is 0.662. The Hall–Kier alpha value is -2.44. The highest BCUT2D eigenvalue weighted by molar-refractivity contribution is 7.10. The van der Waals surface area contributed by atoms with E-state index in [9.17, 15) is 4.79 Å². The van der Waals surface area contributed by atoms with Crippen molar-refractivity contribution in [2.24, 2.45) is 0 Å². The molecule has 1 aliphatic heterocycles. The van der Waals surface area contributed by atoms with Crippen molar-refractivity contribution in [2.75, 3.05) is 5.32 Å². The number of carbonyl (C=O) groups excluding carboxylic acids is 1. The van der Waals surface area contributed by atoms with E-state index in [2.05, 4.69) is 23.7 Å². The number of carbonyl (C=O) groups is 1. The summed E-state index contributed by atoms with van der Waals surface area (Å²) in [6.07, 6.45) is 2.33. The van der Waals surface area contributed by atoms with E-state index in [0.717, 1.165) is 34.6 Å². The normalized spacial score (nSPS) is 18.9. The molecule has 1 aliphatic carbocycles. The lowest BCUT2D eigenvalue weighted by Crippen LogP contribution is -2.31. The van der Waals surface area contributed by atoms with E-state index >= 15 is 0 Å². The Balaban J connectivity index is 1.68.